The number of aromatic carboxylic acids is 1. The van der Waals surface area contributed by atoms with Crippen molar-refractivity contribution >= 4 is 29.2 Å². The number of hydrogen-bond acceptors (Lipinski definition) is 1. The maximum Gasteiger partial charge on any atom is 0.337 e. The number of aromatic nitrogens is 1. The third kappa shape index (κ3) is 3.70. The lowest BCUT2D eigenvalue weighted by atomic mass is 9.89. The van der Waals surface area contributed by atoms with Crippen molar-refractivity contribution in [2.75, 3.05) is 0 Å². The van der Waals surface area contributed by atoms with Crippen LogP contribution in [-0.4, -0.2) is 15.6 Å². The van der Waals surface area contributed by atoms with Crippen LogP contribution in [0.25, 0.3) is 11.3 Å². The first-order valence-corrected chi connectivity index (χ1v) is 9.22. The fourth-order valence-electron chi connectivity index (χ4n) is 3.67. The smallest absolute Gasteiger partial charge is 0.337 e. The van der Waals surface area contributed by atoms with Crippen molar-refractivity contribution in [3.8, 4) is 11.3 Å². The van der Waals surface area contributed by atoms with Crippen LogP contribution in [0.2, 0.25) is 10.0 Å². The minimum atomic E-state index is -0.994. The molecule has 0 amide bonds. The van der Waals surface area contributed by atoms with E-state index in [0.717, 1.165) is 19.4 Å². The first-order valence-electron chi connectivity index (χ1n) is 8.46. The van der Waals surface area contributed by atoms with Gasteiger partial charge in [-0.1, -0.05) is 42.5 Å². The first kappa shape index (κ1) is 18.3. The molecule has 25 heavy (non-hydrogen) atoms. The summed E-state index contributed by atoms with van der Waals surface area (Å²) in [7, 11) is 0. The number of carbonyl (C=O) groups is 1. The monoisotopic (exact) mass is 383 g/mol. The second-order valence-electron chi connectivity index (χ2n) is 6.69. The standard InChI is InChI=1S/C19H20Cl2FNO2/c1-11-13(19(24)25)8-18(14-7-17(22)16(21)9-15(14)20)23(11)10-12-5-3-2-4-6-12/h7-9,12H,2-6,10H2,1H3,(H,24,25). The van der Waals surface area contributed by atoms with Crippen LogP contribution in [0.3, 0.4) is 0 Å². The molecule has 0 radical (unpaired) electrons. The van der Waals surface area contributed by atoms with Crippen molar-refractivity contribution in [2.24, 2.45) is 5.92 Å². The molecule has 0 bridgehead atoms. The molecule has 1 saturated carbocycles. The molecule has 0 unspecified atom stereocenters. The highest BCUT2D eigenvalue weighted by Crippen LogP contribution is 2.36. The van der Waals surface area contributed by atoms with Crippen molar-refractivity contribution < 1.29 is 14.3 Å². The minimum absolute atomic E-state index is 0.0469. The molecule has 1 aliphatic carbocycles. The third-order valence-corrected chi connectivity index (χ3v) is 5.65. The molecular formula is C19H20Cl2FNO2. The van der Waals surface area contributed by atoms with Crippen LogP contribution in [-0.2, 0) is 6.54 Å². The Morgan fingerprint density at radius 2 is 1.88 bits per heavy atom. The average molecular weight is 384 g/mol. The van der Waals surface area contributed by atoms with E-state index in [9.17, 15) is 14.3 Å². The van der Waals surface area contributed by atoms with Crippen molar-refractivity contribution in [2.45, 2.75) is 45.6 Å². The summed E-state index contributed by atoms with van der Waals surface area (Å²) in [6.45, 7) is 2.50. The van der Waals surface area contributed by atoms with Gasteiger partial charge < -0.3 is 9.67 Å². The first-order chi connectivity index (χ1) is 11.9. The SMILES string of the molecule is Cc1c(C(=O)O)cc(-c2cc(F)c(Cl)cc2Cl)n1CC1CCCCC1. The lowest BCUT2D eigenvalue weighted by molar-refractivity contribution is 0.0696. The molecule has 0 atom stereocenters. The number of rotatable bonds is 4. The lowest BCUT2D eigenvalue weighted by Crippen LogP contribution is -2.16. The summed E-state index contributed by atoms with van der Waals surface area (Å²) in [5, 5.41) is 9.75. The van der Waals surface area contributed by atoms with E-state index in [0.29, 0.717) is 27.9 Å². The number of hydrogen-bond donors (Lipinski definition) is 1. The van der Waals surface area contributed by atoms with Gasteiger partial charge in [0.25, 0.3) is 0 Å². The largest absolute Gasteiger partial charge is 0.478 e. The molecule has 1 aromatic heterocycles. The van der Waals surface area contributed by atoms with E-state index in [1.807, 2.05) is 4.57 Å². The van der Waals surface area contributed by atoms with Gasteiger partial charge in [-0.25, -0.2) is 9.18 Å². The molecule has 1 fully saturated rings. The molecule has 3 nitrogen and oxygen atoms in total. The van der Waals surface area contributed by atoms with Gasteiger partial charge in [0.05, 0.1) is 21.3 Å². The van der Waals surface area contributed by atoms with Gasteiger partial charge >= 0.3 is 5.97 Å². The maximum atomic E-state index is 14.0. The molecule has 0 aliphatic heterocycles. The van der Waals surface area contributed by atoms with Crippen molar-refractivity contribution in [1.82, 2.24) is 4.57 Å². The quantitative estimate of drug-likeness (QED) is 0.639. The van der Waals surface area contributed by atoms with Gasteiger partial charge in [-0.15, -0.1) is 0 Å². The van der Waals surface area contributed by atoms with E-state index in [4.69, 9.17) is 23.2 Å². The number of halogens is 3. The number of carboxylic acids is 1. The molecule has 3 rings (SSSR count). The van der Waals surface area contributed by atoms with E-state index in [1.54, 1.807) is 13.0 Å². The highest BCUT2D eigenvalue weighted by molar-refractivity contribution is 6.36. The van der Waals surface area contributed by atoms with Gasteiger partial charge in [-0.3, -0.25) is 0 Å². The molecule has 6 heteroatoms. The van der Waals surface area contributed by atoms with E-state index in [2.05, 4.69) is 0 Å². The summed E-state index contributed by atoms with van der Waals surface area (Å²) >= 11 is 12.1. The molecule has 1 aromatic carbocycles. The van der Waals surface area contributed by atoms with E-state index >= 15 is 0 Å². The average Bonchev–Trinajstić information content (AvgIpc) is 2.89. The molecule has 0 saturated heterocycles. The van der Waals surface area contributed by atoms with E-state index < -0.39 is 11.8 Å². The van der Waals surface area contributed by atoms with E-state index in [1.165, 1.54) is 31.4 Å². The molecule has 134 valence electrons. The zero-order valence-electron chi connectivity index (χ0n) is 14.0. The molecular weight excluding hydrogens is 364 g/mol. The Labute approximate surface area is 156 Å². The van der Waals surface area contributed by atoms with Crippen molar-refractivity contribution in [1.29, 1.82) is 0 Å². The molecule has 0 spiro atoms. The van der Waals surface area contributed by atoms with E-state index in [-0.39, 0.29) is 10.6 Å². The Morgan fingerprint density at radius 3 is 2.52 bits per heavy atom. The van der Waals surface area contributed by atoms with Crippen LogP contribution in [0.5, 0.6) is 0 Å². The van der Waals surface area contributed by atoms with Crippen LogP contribution >= 0.6 is 23.2 Å². The number of nitrogens with zero attached hydrogens (tertiary/aromatic N) is 1. The van der Waals surface area contributed by atoms with Crippen molar-refractivity contribution in [3.63, 3.8) is 0 Å². The van der Waals surface area contributed by atoms with Gasteiger partial charge in [0, 0.05) is 17.8 Å². The topological polar surface area (TPSA) is 42.2 Å². The minimum Gasteiger partial charge on any atom is -0.478 e. The lowest BCUT2D eigenvalue weighted by Gasteiger charge is -2.24. The summed E-state index contributed by atoms with van der Waals surface area (Å²) in [5.41, 5.74) is 1.98. The predicted octanol–water partition coefficient (Wildman–Crippen LogP) is 6.19. The number of carboxylic acid groups (broad SMARTS) is 1. The normalized spacial score (nSPS) is 15.5. The number of benzene rings is 1. The Hall–Kier alpha value is -1.52. The van der Waals surface area contributed by atoms with Crippen LogP contribution < -0.4 is 0 Å². The molecule has 2 aromatic rings. The summed E-state index contributed by atoms with van der Waals surface area (Å²) in [5.74, 6) is -1.07. The Balaban J connectivity index is 2.10. The van der Waals surface area contributed by atoms with Crippen LogP contribution in [0, 0.1) is 18.7 Å². The zero-order chi connectivity index (χ0) is 18.1. The van der Waals surface area contributed by atoms with Crippen molar-refractivity contribution in [3.05, 3.63) is 45.3 Å². The molecule has 1 aliphatic rings. The second-order valence-corrected chi connectivity index (χ2v) is 7.51. The summed E-state index contributed by atoms with van der Waals surface area (Å²) in [4.78, 5) is 11.6. The fourth-order valence-corrected chi connectivity index (χ4v) is 4.15. The van der Waals surface area contributed by atoms with Gasteiger partial charge in [0.1, 0.15) is 5.82 Å². The maximum absolute atomic E-state index is 14.0. The fraction of sp³-hybridized carbons (Fsp3) is 0.421. The highest BCUT2D eigenvalue weighted by atomic mass is 35.5. The summed E-state index contributed by atoms with van der Waals surface area (Å²) in [6.07, 6.45) is 5.90. The Morgan fingerprint density at radius 1 is 1.20 bits per heavy atom. The summed E-state index contributed by atoms with van der Waals surface area (Å²) < 4.78 is 16.0. The Bertz CT molecular complexity index is 810. The van der Waals surface area contributed by atoms with Crippen LogP contribution in [0.1, 0.15) is 48.2 Å². The van der Waals surface area contributed by atoms with Crippen LogP contribution in [0.4, 0.5) is 4.39 Å². The Kier molecular flexibility index (Phi) is 5.40. The zero-order valence-corrected chi connectivity index (χ0v) is 15.5. The van der Waals surface area contributed by atoms with Gasteiger partial charge in [-0.2, -0.15) is 0 Å². The highest BCUT2D eigenvalue weighted by Gasteiger charge is 2.23. The molecule has 1 N–H and O–H groups in total. The van der Waals surface area contributed by atoms with Gasteiger partial charge in [-0.05, 0) is 43.9 Å². The summed E-state index contributed by atoms with van der Waals surface area (Å²) in [6, 6.07) is 4.22. The molecule has 1 heterocycles. The second kappa shape index (κ2) is 7.38. The third-order valence-electron chi connectivity index (χ3n) is 5.05. The predicted molar refractivity (Wildman–Crippen MR) is 98.1 cm³/mol. The van der Waals surface area contributed by atoms with Gasteiger partial charge in [0.15, 0.2) is 0 Å². The van der Waals surface area contributed by atoms with Gasteiger partial charge in [0.2, 0.25) is 0 Å². The van der Waals surface area contributed by atoms with Crippen LogP contribution in [0.15, 0.2) is 18.2 Å².